The zero-order chi connectivity index (χ0) is 24.0. The Bertz CT molecular complexity index is 1250. The third kappa shape index (κ3) is 5.74. The SMILES string of the molecule is C=CC=C(C=C)CNC(=O)c1nc(-c2ccc(Cl)cc2)c(-c2ccc(Cl)cc2)nc1C(=O)O. The van der Waals surface area contributed by atoms with Gasteiger partial charge in [-0.3, -0.25) is 4.79 Å². The van der Waals surface area contributed by atoms with E-state index in [9.17, 15) is 14.7 Å². The maximum atomic E-state index is 12.9. The second-order valence-electron chi connectivity index (χ2n) is 6.80. The molecule has 0 aliphatic carbocycles. The van der Waals surface area contributed by atoms with Crippen LogP contribution < -0.4 is 5.32 Å². The highest BCUT2D eigenvalue weighted by atomic mass is 35.5. The largest absolute Gasteiger partial charge is 0.476 e. The fourth-order valence-corrected chi connectivity index (χ4v) is 3.23. The average molecular weight is 480 g/mol. The van der Waals surface area contributed by atoms with E-state index < -0.39 is 17.6 Å². The maximum absolute atomic E-state index is 12.9. The van der Waals surface area contributed by atoms with E-state index >= 15 is 0 Å². The lowest BCUT2D eigenvalue weighted by molar-refractivity contribution is 0.0683. The number of hydrogen-bond acceptors (Lipinski definition) is 4. The first-order chi connectivity index (χ1) is 15.8. The molecule has 166 valence electrons. The fraction of sp³-hybridized carbons (Fsp3) is 0.0400. The van der Waals surface area contributed by atoms with E-state index in [0.717, 1.165) is 0 Å². The van der Waals surface area contributed by atoms with E-state index in [2.05, 4.69) is 28.4 Å². The van der Waals surface area contributed by atoms with Gasteiger partial charge in [-0.1, -0.05) is 78.9 Å². The molecule has 0 radical (unpaired) electrons. The van der Waals surface area contributed by atoms with Crippen LogP contribution in [0.1, 0.15) is 21.0 Å². The number of nitrogens with one attached hydrogen (secondary N) is 1. The summed E-state index contributed by atoms with van der Waals surface area (Å²) in [5.41, 5.74) is 1.74. The molecule has 0 aliphatic heterocycles. The third-order valence-electron chi connectivity index (χ3n) is 4.60. The second-order valence-corrected chi connectivity index (χ2v) is 7.67. The summed E-state index contributed by atoms with van der Waals surface area (Å²) in [4.78, 5) is 33.7. The molecule has 0 fully saturated rings. The molecular formula is C25H19Cl2N3O3. The van der Waals surface area contributed by atoms with Crippen molar-refractivity contribution in [1.82, 2.24) is 15.3 Å². The van der Waals surface area contributed by atoms with Crippen LogP contribution in [0.4, 0.5) is 0 Å². The van der Waals surface area contributed by atoms with Gasteiger partial charge in [-0.2, -0.15) is 0 Å². The van der Waals surface area contributed by atoms with Crippen LogP contribution in [0.2, 0.25) is 10.0 Å². The average Bonchev–Trinajstić information content (AvgIpc) is 2.81. The number of nitrogens with zero attached hydrogens (tertiary/aromatic N) is 2. The van der Waals surface area contributed by atoms with E-state index in [1.165, 1.54) is 0 Å². The lowest BCUT2D eigenvalue weighted by Crippen LogP contribution is -2.29. The molecule has 0 saturated heterocycles. The summed E-state index contributed by atoms with van der Waals surface area (Å²) in [6.07, 6.45) is 4.81. The molecule has 8 heteroatoms. The van der Waals surface area contributed by atoms with Gasteiger partial charge in [-0.25, -0.2) is 14.8 Å². The quantitative estimate of drug-likeness (QED) is 0.395. The smallest absolute Gasteiger partial charge is 0.357 e. The van der Waals surface area contributed by atoms with Crippen molar-refractivity contribution in [2.75, 3.05) is 6.54 Å². The molecule has 1 heterocycles. The van der Waals surface area contributed by atoms with Crippen molar-refractivity contribution in [3.05, 3.63) is 107 Å². The molecule has 0 atom stereocenters. The third-order valence-corrected chi connectivity index (χ3v) is 5.10. The molecule has 2 N–H and O–H groups in total. The van der Waals surface area contributed by atoms with Crippen LogP contribution in [0.3, 0.4) is 0 Å². The molecule has 0 aliphatic rings. The molecule has 0 bridgehead atoms. The van der Waals surface area contributed by atoms with Crippen molar-refractivity contribution in [2.45, 2.75) is 0 Å². The molecule has 2 aromatic carbocycles. The lowest BCUT2D eigenvalue weighted by Gasteiger charge is -2.14. The second kappa shape index (κ2) is 10.7. The number of allylic oxidation sites excluding steroid dienone is 2. The van der Waals surface area contributed by atoms with Crippen LogP contribution in [-0.2, 0) is 0 Å². The van der Waals surface area contributed by atoms with Gasteiger partial charge in [0.1, 0.15) is 0 Å². The zero-order valence-electron chi connectivity index (χ0n) is 17.4. The van der Waals surface area contributed by atoms with Crippen LogP contribution in [-0.4, -0.2) is 33.5 Å². The van der Waals surface area contributed by atoms with Gasteiger partial charge < -0.3 is 10.4 Å². The molecule has 0 saturated carbocycles. The first-order valence-corrected chi connectivity index (χ1v) is 10.5. The van der Waals surface area contributed by atoms with E-state index in [0.29, 0.717) is 38.1 Å². The molecule has 0 spiro atoms. The van der Waals surface area contributed by atoms with Gasteiger partial charge >= 0.3 is 5.97 Å². The number of carbonyl (C=O) groups excluding carboxylic acids is 1. The van der Waals surface area contributed by atoms with E-state index in [1.54, 1.807) is 66.8 Å². The predicted octanol–water partition coefficient (Wildman–Crippen LogP) is 5.84. The topological polar surface area (TPSA) is 92.2 Å². The Morgan fingerprint density at radius 1 is 0.879 bits per heavy atom. The Morgan fingerprint density at radius 3 is 1.79 bits per heavy atom. The first-order valence-electron chi connectivity index (χ1n) is 9.73. The summed E-state index contributed by atoms with van der Waals surface area (Å²) in [5, 5.41) is 13.5. The maximum Gasteiger partial charge on any atom is 0.357 e. The van der Waals surface area contributed by atoms with Gasteiger partial charge in [0.05, 0.1) is 11.4 Å². The zero-order valence-corrected chi connectivity index (χ0v) is 18.9. The summed E-state index contributed by atoms with van der Waals surface area (Å²) >= 11 is 12.0. The van der Waals surface area contributed by atoms with Crippen molar-refractivity contribution in [3.63, 3.8) is 0 Å². The highest BCUT2D eigenvalue weighted by Crippen LogP contribution is 2.31. The fourth-order valence-electron chi connectivity index (χ4n) is 2.98. The predicted molar refractivity (Wildman–Crippen MR) is 131 cm³/mol. The summed E-state index contributed by atoms with van der Waals surface area (Å²) in [7, 11) is 0. The number of benzene rings is 2. The first kappa shape index (κ1) is 23.9. The molecule has 6 nitrogen and oxygen atoms in total. The number of carboxylic acids is 1. The van der Waals surface area contributed by atoms with Crippen molar-refractivity contribution in [3.8, 4) is 22.5 Å². The Balaban J connectivity index is 2.17. The van der Waals surface area contributed by atoms with Gasteiger partial charge in [0, 0.05) is 27.7 Å². The minimum absolute atomic E-state index is 0.115. The highest BCUT2D eigenvalue weighted by molar-refractivity contribution is 6.31. The van der Waals surface area contributed by atoms with Crippen LogP contribution in [0.5, 0.6) is 0 Å². The summed E-state index contributed by atoms with van der Waals surface area (Å²) in [6.45, 7) is 7.41. The van der Waals surface area contributed by atoms with Crippen LogP contribution >= 0.6 is 23.2 Å². The minimum atomic E-state index is -1.38. The molecule has 3 aromatic rings. The number of carboxylic acid groups (broad SMARTS) is 1. The summed E-state index contributed by atoms with van der Waals surface area (Å²) < 4.78 is 0. The van der Waals surface area contributed by atoms with Crippen molar-refractivity contribution < 1.29 is 14.7 Å². The Morgan fingerprint density at radius 2 is 1.36 bits per heavy atom. The molecular weight excluding hydrogens is 461 g/mol. The lowest BCUT2D eigenvalue weighted by atomic mass is 10.0. The van der Waals surface area contributed by atoms with E-state index in [4.69, 9.17) is 23.2 Å². The number of rotatable bonds is 8. The van der Waals surface area contributed by atoms with Crippen LogP contribution in [0.15, 0.2) is 85.5 Å². The number of halogens is 2. The van der Waals surface area contributed by atoms with E-state index in [1.807, 2.05) is 0 Å². The van der Waals surface area contributed by atoms with Gasteiger partial charge in [0.2, 0.25) is 0 Å². The van der Waals surface area contributed by atoms with E-state index in [-0.39, 0.29) is 12.2 Å². The standard InChI is InChI=1S/C25H19Cl2N3O3/c1-3-5-15(4-2)14-28-24(31)22-23(25(32)33)30-21(17-8-12-19(27)13-9-17)20(29-22)16-6-10-18(26)11-7-16/h3-13H,1-2,14H2,(H,28,31)(H,32,33). The number of carbonyl (C=O) groups is 2. The molecule has 1 amide bonds. The highest BCUT2D eigenvalue weighted by Gasteiger charge is 2.25. The van der Waals surface area contributed by atoms with Crippen LogP contribution in [0, 0.1) is 0 Å². The number of aromatic nitrogens is 2. The molecule has 0 unspecified atom stereocenters. The summed E-state index contributed by atoms with van der Waals surface area (Å²) in [6, 6.07) is 13.5. The number of hydrogen-bond donors (Lipinski definition) is 2. The van der Waals surface area contributed by atoms with Gasteiger partial charge in [0.25, 0.3) is 5.91 Å². The normalized spacial score (nSPS) is 11.0. The molecule has 33 heavy (non-hydrogen) atoms. The van der Waals surface area contributed by atoms with Gasteiger partial charge in [0.15, 0.2) is 11.4 Å². The van der Waals surface area contributed by atoms with Crippen molar-refractivity contribution >= 4 is 35.1 Å². The number of aromatic carboxylic acids is 1. The Hall–Kier alpha value is -3.74. The minimum Gasteiger partial charge on any atom is -0.476 e. The van der Waals surface area contributed by atoms with Crippen molar-refractivity contribution in [2.24, 2.45) is 0 Å². The van der Waals surface area contributed by atoms with Gasteiger partial charge in [-0.05, 0) is 29.8 Å². The van der Waals surface area contributed by atoms with Crippen molar-refractivity contribution in [1.29, 1.82) is 0 Å². The van der Waals surface area contributed by atoms with Crippen LogP contribution in [0.25, 0.3) is 22.5 Å². The number of amides is 1. The Labute approximate surface area is 200 Å². The summed E-state index contributed by atoms with van der Waals surface area (Å²) in [5.74, 6) is -2.06. The molecule has 1 aromatic heterocycles. The monoisotopic (exact) mass is 479 g/mol. The Kier molecular flexibility index (Phi) is 7.77. The molecule has 3 rings (SSSR count). The van der Waals surface area contributed by atoms with Gasteiger partial charge in [-0.15, -0.1) is 0 Å².